The van der Waals surface area contributed by atoms with Crippen LogP contribution in [0.1, 0.15) is 0 Å². The molecule has 0 amide bonds. The maximum atomic E-state index is 10.0. The fourth-order valence-corrected chi connectivity index (χ4v) is 0.623. The van der Waals surface area contributed by atoms with Crippen molar-refractivity contribution >= 4 is 7.60 Å². The molecule has 0 aromatic rings. The molecule has 0 rings (SSSR count). The van der Waals surface area contributed by atoms with Gasteiger partial charge in [0.15, 0.2) is 0 Å². The van der Waals surface area contributed by atoms with Crippen molar-refractivity contribution in [2.45, 2.75) is 0 Å². The number of rotatable bonds is 3. The highest BCUT2D eigenvalue weighted by Gasteiger charge is 2.03. The lowest BCUT2D eigenvalue weighted by molar-refractivity contribution is 0.179. The Hall–Kier alpha value is -0.190. The molecule has 0 aromatic carbocycles. The fourth-order valence-electron chi connectivity index (χ4n) is 0.243. The molecule has 0 heterocycles. The molecule has 0 aliphatic rings. The van der Waals surface area contributed by atoms with E-state index in [9.17, 15) is 4.57 Å². The second kappa shape index (κ2) is 3.76. The lowest BCUT2D eigenvalue weighted by atomic mass is 10.7. The van der Waals surface area contributed by atoms with E-state index in [1.165, 1.54) is 0 Å². The third-order valence-corrected chi connectivity index (χ3v) is 1.11. The first-order valence-electron chi connectivity index (χ1n) is 2.16. The van der Waals surface area contributed by atoms with Crippen LogP contribution in [0.2, 0.25) is 0 Å². The number of hydroxylamine groups is 1. The van der Waals surface area contributed by atoms with Gasteiger partial charge in [-0.3, -0.25) is 4.57 Å². The molecule has 0 atom stereocenters. The van der Waals surface area contributed by atoms with Crippen molar-refractivity contribution in [1.29, 1.82) is 0 Å². The predicted octanol–water partition coefficient (Wildman–Crippen LogP) is -0.343. The number of hydrogen-bond donors (Lipinski definition) is 4. The number of hydrogen-bond acceptors (Lipinski definition) is 3. The minimum Gasteiger partial charge on any atom is -0.321 e. The molecule has 9 heavy (non-hydrogen) atoms. The third-order valence-electron chi connectivity index (χ3n) is 0.509. The fraction of sp³-hybridized carbons (Fsp3) is 0.333. The van der Waals surface area contributed by atoms with Gasteiger partial charge in [-0.05, 0) is 0 Å². The van der Waals surface area contributed by atoms with E-state index >= 15 is 0 Å². The summed E-state index contributed by atoms with van der Waals surface area (Å²) < 4.78 is 10.0. The van der Waals surface area contributed by atoms with Crippen LogP contribution in [0, 0.1) is 0 Å². The highest BCUT2D eigenvalue weighted by atomic mass is 31.2. The van der Waals surface area contributed by atoms with E-state index in [1.54, 1.807) is 5.48 Å². The smallest absolute Gasteiger partial charge is 0.321 e. The van der Waals surface area contributed by atoms with Gasteiger partial charge in [-0.15, -0.1) is 0 Å². The average molecular weight is 153 g/mol. The van der Waals surface area contributed by atoms with Gasteiger partial charge in [0.05, 0.1) is 0 Å². The molecule has 5 nitrogen and oxygen atoms in total. The zero-order valence-corrected chi connectivity index (χ0v) is 5.45. The molecule has 0 bridgehead atoms. The van der Waals surface area contributed by atoms with Gasteiger partial charge >= 0.3 is 7.60 Å². The molecular formula is C3H8NO4P. The van der Waals surface area contributed by atoms with Gasteiger partial charge < -0.3 is 15.0 Å². The molecule has 0 unspecified atom stereocenters. The average Bonchev–Trinajstić information content (AvgIpc) is 1.63. The van der Waals surface area contributed by atoms with Crippen LogP contribution in [0.15, 0.2) is 11.9 Å². The van der Waals surface area contributed by atoms with Crippen LogP contribution < -0.4 is 5.48 Å². The maximum absolute atomic E-state index is 10.0. The SMILES string of the molecule is O=P(O)(O)/C=C/CNO. The van der Waals surface area contributed by atoms with E-state index < -0.39 is 7.60 Å². The van der Waals surface area contributed by atoms with Crippen molar-refractivity contribution in [2.75, 3.05) is 6.54 Å². The first-order chi connectivity index (χ1) is 4.06. The summed E-state index contributed by atoms with van der Waals surface area (Å²) in [6.07, 6.45) is 1.14. The van der Waals surface area contributed by atoms with Crippen molar-refractivity contribution in [3.63, 3.8) is 0 Å². The minimum atomic E-state index is -4.03. The highest BCUT2D eigenvalue weighted by molar-refractivity contribution is 7.55. The molecule has 0 aliphatic heterocycles. The Morgan fingerprint density at radius 3 is 2.44 bits per heavy atom. The Morgan fingerprint density at radius 1 is 1.56 bits per heavy atom. The van der Waals surface area contributed by atoms with E-state index in [0.29, 0.717) is 0 Å². The largest absolute Gasteiger partial charge is 0.348 e. The van der Waals surface area contributed by atoms with Crippen LogP contribution >= 0.6 is 7.60 Å². The summed E-state index contributed by atoms with van der Waals surface area (Å²) in [7, 11) is -4.03. The van der Waals surface area contributed by atoms with Crippen molar-refractivity contribution in [3.05, 3.63) is 11.9 Å². The molecule has 0 spiro atoms. The monoisotopic (exact) mass is 153 g/mol. The summed E-state index contributed by atoms with van der Waals surface area (Å²) in [6.45, 7) is 0.0328. The highest BCUT2D eigenvalue weighted by Crippen LogP contribution is 2.35. The molecule has 54 valence electrons. The molecule has 0 radical (unpaired) electrons. The Labute approximate surface area is 52.1 Å². The van der Waals surface area contributed by atoms with Crippen molar-refractivity contribution in [3.8, 4) is 0 Å². The van der Waals surface area contributed by atoms with Crippen LogP contribution in [0.3, 0.4) is 0 Å². The van der Waals surface area contributed by atoms with Crippen LogP contribution in [-0.4, -0.2) is 21.5 Å². The van der Waals surface area contributed by atoms with Gasteiger partial charge in [0.2, 0.25) is 0 Å². The Morgan fingerprint density at radius 2 is 2.11 bits per heavy atom. The van der Waals surface area contributed by atoms with Crippen LogP contribution in [0.25, 0.3) is 0 Å². The van der Waals surface area contributed by atoms with Gasteiger partial charge in [-0.2, -0.15) is 0 Å². The second-order valence-corrected chi connectivity index (χ2v) is 2.81. The van der Waals surface area contributed by atoms with Crippen LogP contribution in [-0.2, 0) is 4.57 Å². The summed E-state index contributed by atoms with van der Waals surface area (Å²) in [4.78, 5) is 16.3. The lowest BCUT2D eigenvalue weighted by Crippen LogP contribution is -2.04. The summed E-state index contributed by atoms with van der Waals surface area (Å²) in [5.74, 6) is 0.718. The topological polar surface area (TPSA) is 89.8 Å². The van der Waals surface area contributed by atoms with Crippen molar-refractivity contribution in [2.24, 2.45) is 0 Å². The van der Waals surface area contributed by atoms with Gasteiger partial charge in [-0.25, -0.2) is 5.48 Å². The van der Waals surface area contributed by atoms with E-state index in [-0.39, 0.29) is 6.54 Å². The van der Waals surface area contributed by atoms with Crippen LogP contribution in [0.5, 0.6) is 0 Å². The number of nitrogens with one attached hydrogen (secondary N) is 1. The molecule has 0 saturated carbocycles. The van der Waals surface area contributed by atoms with Gasteiger partial charge in [-0.1, -0.05) is 6.08 Å². The third kappa shape index (κ3) is 7.81. The molecule has 0 aliphatic carbocycles. The molecule has 4 N–H and O–H groups in total. The van der Waals surface area contributed by atoms with E-state index in [0.717, 1.165) is 11.9 Å². The molecule has 0 aromatic heterocycles. The lowest BCUT2D eigenvalue weighted by Gasteiger charge is -1.92. The van der Waals surface area contributed by atoms with Crippen molar-refractivity contribution in [1.82, 2.24) is 5.48 Å². The van der Waals surface area contributed by atoms with E-state index in [2.05, 4.69) is 0 Å². The zero-order valence-electron chi connectivity index (χ0n) is 4.56. The Kier molecular flexibility index (Phi) is 3.68. The summed E-state index contributed by atoms with van der Waals surface area (Å²) >= 11 is 0. The summed E-state index contributed by atoms with van der Waals surface area (Å²) in [5.41, 5.74) is 1.71. The normalized spacial score (nSPS) is 12.8. The van der Waals surface area contributed by atoms with Crippen molar-refractivity contribution < 1.29 is 19.6 Å². The summed E-state index contributed by atoms with van der Waals surface area (Å²) in [6, 6.07) is 0. The summed E-state index contributed by atoms with van der Waals surface area (Å²) in [5, 5.41) is 7.91. The maximum Gasteiger partial charge on any atom is 0.348 e. The van der Waals surface area contributed by atoms with Crippen LogP contribution in [0.4, 0.5) is 0 Å². The van der Waals surface area contributed by atoms with Gasteiger partial charge in [0.1, 0.15) is 0 Å². The van der Waals surface area contributed by atoms with E-state index in [4.69, 9.17) is 15.0 Å². The van der Waals surface area contributed by atoms with Gasteiger partial charge in [0, 0.05) is 12.4 Å². The van der Waals surface area contributed by atoms with E-state index in [1.807, 2.05) is 0 Å². The minimum absolute atomic E-state index is 0.0328. The predicted molar refractivity (Wildman–Crippen MR) is 31.0 cm³/mol. The van der Waals surface area contributed by atoms with Gasteiger partial charge in [0.25, 0.3) is 0 Å². The molecule has 0 fully saturated rings. The molecule has 0 saturated heterocycles. The first-order valence-corrected chi connectivity index (χ1v) is 3.84. The second-order valence-electron chi connectivity index (χ2n) is 1.34. The Bertz CT molecular complexity index is 139. The standard InChI is InChI=1S/C3H8NO4P/c5-4-2-1-3-9(6,7)8/h1,3-5H,2H2,(H2,6,7,8)/b3-1+. The Balaban J connectivity index is 3.58. The first kappa shape index (κ1) is 8.81. The quantitative estimate of drug-likeness (QED) is 0.329. The molecule has 6 heteroatoms. The molecular weight excluding hydrogens is 145 g/mol. The zero-order chi connectivity index (χ0) is 7.33.